The van der Waals surface area contributed by atoms with E-state index in [0.717, 1.165) is 6.42 Å². The van der Waals surface area contributed by atoms with Crippen LogP contribution in [0, 0.1) is 5.41 Å². The van der Waals surface area contributed by atoms with Gasteiger partial charge in [0, 0.05) is 0 Å². The van der Waals surface area contributed by atoms with E-state index in [4.69, 9.17) is 4.74 Å². The molecule has 15 heavy (non-hydrogen) atoms. The molecule has 0 spiro atoms. The van der Waals surface area contributed by atoms with Gasteiger partial charge in [-0.2, -0.15) is 0 Å². The van der Waals surface area contributed by atoms with Crippen LogP contribution in [0.25, 0.3) is 0 Å². The minimum absolute atomic E-state index is 0.0977. The van der Waals surface area contributed by atoms with E-state index in [2.05, 4.69) is 4.74 Å². The summed E-state index contributed by atoms with van der Waals surface area (Å²) < 4.78 is 9.36. The summed E-state index contributed by atoms with van der Waals surface area (Å²) in [6.07, 6.45) is 2.16. The summed E-state index contributed by atoms with van der Waals surface area (Å²) in [7, 11) is 2.67. The number of carbonyl (C=O) groups is 2. The second-order valence-electron chi connectivity index (χ2n) is 3.63. The van der Waals surface area contributed by atoms with E-state index in [-0.39, 0.29) is 18.4 Å². The standard InChI is InChI=1S/C11H20O4/c1-5-7-11(6-2,10(13)15-4)8-9(12)14-3/h5-8H2,1-4H3. The van der Waals surface area contributed by atoms with E-state index in [0.29, 0.717) is 12.8 Å². The van der Waals surface area contributed by atoms with Gasteiger partial charge in [0.25, 0.3) is 0 Å². The molecule has 0 N–H and O–H groups in total. The van der Waals surface area contributed by atoms with Crippen molar-refractivity contribution in [1.82, 2.24) is 0 Å². The quantitative estimate of drug-likeness (QED) is 0.636. The Hall–Kier alpha value is -1.06. The van der Waals surface area contributed by atoms with Crippen LogP contribution in [-0.4, -0.2) is 26.2 Å². The van der Waals surface area contributed by atoms with Gasteiger partial charge < -0.3 is 9.47 Å². The van der Waals surface area contributed by atoms with E-state index < -0.39 is 5.41 Å². The van der Waals surface area contributed by atoms with Gasteiger partial charge in [-0.25, -0.2) is 0 Å². The Balaban J connectivity index is 4.79. The van der Waals surface area contributed by atoms with Crippen molar-refractivity contribution in [2.24, 2.45) is 5.41 Å². The van der Waals surface area contributed by atoms with E-state index >= 15 is 0 Å². The minimum atomic E-state index is -0.712. The molecule has 0 amide bonds. The number of methoxy groups -OCH3 is 2. The van der Waals surface area contributed by atoms with Crippen molar-refractivity contribution >= 4 is 11.9 Å². The highest BCUT2D eigenvalue weighted by Crippen LogP contribution is 2.34. The lowest BCUT2D eigenvalue weighted by molar-refractivity contribution is -0.160. The Morgan fingerprint density at radius 3 is 2.07 bits per heavy atom. The normalized spacial score (nSPS) is 14.1. The second-order valence-corrected chi connectivity index (χ2v) is 3.63. The largest absolute Gasteiger partial charge is 0.469 e. The first-order chi connectivity index (χ1) is 7.06. The number of carbonyl (C=O) groups excluding carboxylic acids is 2. The molecule has 0 heterocycles. The molecular formula is C11H20O4. The molecule has 0 saturated heterocycles. The van der Waals surface area contributed by atoms with Gasteiger partial charge in [-0.1, -0.05) is 20.3 Å². The average Bonchev–Trinajstić information content (AvgIpc) is 2.26. The molecule has 1 atom stereocenters. The van der Waals surface area contributed by atoms with Gasteiger partial charge >= 0.3 is 11.9 Å². The van der Waals surface area contributed by atoms with Gasteiger partial charge in [0.05, 0.1) is 26.1 Å². The van der Waals surface area contributed by atoms with Crippen LogP contribution in [0.5, 0.6) is 0 Å². The summed E-state index contributed by atoms with van der Waals surface area (Å²) in [4.78, 5) is 22.9. The van der Waals surface area contributed by atoms with E-state index in [1.165, 1.54) is 14.2 Å². The Kier molecular flexibility index (Phi) is 5.97. The smallest absolute Gasteiger partial charge is 0.312 e. The van der Waals surface area contributed by atoms with Crippen molar-refractivity contribution in [2.75, 3.05) is 14.2 Å². The number of rotatable bonds is 6. The van der Waals surface area contributed by atoms with Crippen LogP contribution < -0.4 is 0 Å². The summed E-state index contributed by atoms with van der Waals surface area (Å²) in [5, 5.41) is 0. The molecule has 0 radical (unpaired) electrons. The monoisotopic (exact) mass is 216 g/mol. The highest BCUT2D eigenvalue weighted by Gasteiger charge is 2.39. The molecule has 0 aliphatic rings. The van der Waals surface area contributed by atoms with Gasteiger partial charge in [-0.3, -0.25) is 9.59 Å². The lowest BCUT2D eigenvalue weighted by Crippen LogP contribution is -2.34. The highest BCUT2D eigenvalue weighted by atomic mass is 16.5. The van der Waals surface area contributed by atoms with Gasteiger partial charge in [-0.15, -0.1) is 0 Å². The first-order valence-corrected chi connectivity index (χ1v) is 5.21. The third-order valence-corrected chi connectivity index (χ3v) is 2.73. The van der Waals surface area contributed by atoms with Crippen molar-refractivity contribution in [1.29, 1.82) is 0 Å². The van der Waals surface area contributed by atoms with Crippen LogP contribution in [0.3, 0.4) is 0 Å². The Labute approximate surface area is 90.9 Å². The Morgan fingerprint density at radius 2 is 1.73 bits per heavy atom. The fourth-order valence-corrected chi connectivity index (χ4v) is 1.75. The second kappa shape index (κ2) is 6.43. The predicted octanol–water partition coefficient (Wildman–Crippen LogP) is 1.92. The Morgan fingerprint density at radius 1 is 1.13 bits per heavy atom. The minimum Gasteiger partial charge on any atom is -0.469 e. The van der Waals surface area contributed by atoms with Crippen molar-refractivity contribution in [3.05, 3.63) is 0 Å². The number of hydrogen-bond acceptors (Lipinski definition) is 4. The third-order valence-electron chi connectivity index (χ3n) is 2.73. The van der Waals surface area contributed by atoms with E-state index in [1.54, 1.807) is 0 Å². The molecule has 0 bridgehead atoms. The zero-order valence-corrected chi connectivity index (χ0v) is 9.96. The maximum Gasteiger partial charge on any atom is 0.312 e. The number of ether oxygens (including phenoxy) is 2. The van der Waals surface area contributed by atoms with E-state index in [9.17, 15) is 9.59 Å². The molecule has 4 nitrogen and oxygen atoms in total. The molecule has 0 aliphatic carbocycles. The summed E-state index contributed by atoms with van der Waals surface area (Å²) in [5.41, 5.74) is -0.712. The highest BCUT2D eigenvalue weighted by molar-refractivity contribution is 5.83. The summed E-state index contributed by atoms with van der Waals surface area (Å²) >= 11 is 0. The molecule has 4 heteroatoms. The maximum atomic E-state index is 11.7. The SMILES string of the molecule is CCCC(CC)(CC(=O)OC)C(=O)OC. The molecule has 0 fully saturated rings. The molecular weight excluding hydrogens is 196 g/mol. The lowest BCUT2D eigenvalue weighted by Gasteiger charge is -2.28. The fourth-order valence-electron chi connectivity index (χ4n) is 1.75. The molecule has 0 aliphatic heterocycles. The third kappa shape index (κ3) is 3.53. The number of esters is 2. The molecule has 88 valence electrons. The predicted molar refractivity (Wildman–Crippen MR) is 56.3 cm³/mol. The summed E-state index contributed by atoms with van der Waals surface area (Å²) in [6, 6.07) is 0. The van der Waals surface area contributed by atoms with Gasteiger partial charge in [-0.05, 0) is 12.8 Å². The molecule has 0 aromatic rings. The van der Waals surface area contributed by atoms with Gasteiger partial charge in [0.15, 0.2) is 0 Å². The van der Waals surface area contributed by atoms with Crippen molar-refractivity contribution in [3.63, 3.8) is 0 Å². The van der Waals surface area contributed by atoms with Gasteiger partial charge in [0.2, 0.25) is 0 Å². The maximum absolute atomic E-state index is 11.7. The molecule has 0 rings (SSSR count). The number of hydrogen-bond donors (Lipinski definition) is 0. The zero-order chi connectivity index (χ0) is 11.9. The van der Waals surface area contributed by atoms with Crippen LogP contribution in [0.4, 0.5) is 0 Å². The molecule has 0 aromatic carbocycles. The van der Waals surface area contributed by atoms with Crippen LogP contribution in [0.1, 0.15) is 39.5 Å². The van der Waals surface area contributed by atoms with Crippen LogP contribution >= 0.6 is 0 Å². The average molecular weight is 216 g/mol. The first kappa shape index (κ1) is 13.9. The van der Waals surface area contributed by atoms with Gasteiger partial charge in [0.1, 0.15) is 0 Å². The fraction of sp³-hybridized carbons (Fsp3) is 0.818. The summed E-state index contributed by atoms with van der Waals surface area (Å²) in [5.74, 6) is -0.687. The van der Waals surface area contributed by atoms with Crippen molar-refractivity contribution in [2.45, 2.75) is 39.5 Å². The van der Waals surface area contributed by atoms with Crippen LogP contribution in [0.15, 0.2) is 0 Å². The van der Waals surface area contributed by atoms with Crippen molar-refractivity contribution < 1.29 is 19.1 Å². The first-order valence-electron chi connectivity index (χ1n) is 5.21. The molecule has 0 aromatic heterocycles. The lowest BCUT2D eigenvalue weighted by atomic mass is 9.78. The summed E-state index contributed by atoms with van der Waals surface area (Å²) in [6.45, 7) is 3.86. The molecule has 1 unspecified atom stereocenters. The topological polar surface area (TPSA) is 52.6 Å². The van der Waals surface area contributed by atoms with Crippen LogP contribution in [-0.2, 0) is 19.1 Å². The van der Waals surface area contributed by atoms with Crippen molar-refractivity contribution in [3.8, 4) is 0 Å². The van der Waals surface area contributed by atoms with Crippen LogP contribution in [0.2, 0.25) is 0 Å². The van der Waals surface area contributed by atoms with E-state index in [1.807, 2.05) is 13.8 Å². The zero-order valence-electron chi connectivity index (χ0n) is 9.96. The molecule has 0 saturated carbocycles. The Bertz CT molecular complexity index is 225.